The lowest BCUT2D eigenvalue weighted by atomic mass is 9.95. The molecule has 0 spiro atoms. The van der Waals surface area contributed by atoms with E-state index in [1.165, 1.54) is 0 Å². The number of nitrogens with zero attached hydrogens (tertiary/aromatic N) is 1. The van der Waals surface area contributed by atoms with Gasteiger partial charge in [0.05, 0.1) is 21.2 Å². The van der Waals surface area contributed by atoms with E-state index >= 15 is 0 Å². The van der Waals surface area contributed by atoms with E-state index in [1.54, 1.807) is 20.0 Å². The summed E-state index contributed by atoms with van der Waals surface area (Å²) in [5.41, 5.74) is 2.92. The first-order chi connectivity index (χ1) is 10.4. The zero-order valence-electron chi connectivity index (χ0n) is 12.3. The number of hydrogen-bond donors (Lipinski definition) is 1. The van der Waals surface area contributed by atoms with Gasteiger partial charge in [-0.2, -0.15) is 0 Å². The summed E-state index contributed by atoms with van der Waals surface area (Å²) in [6.07, 6.45) is 1.56. The average molecular weight is 332 g/mol. The van der Waals surface area contributed by atoms with Gasteiger partial charge in [-0.25, -0.2) is 0 Å². The Hall–Kier alpha value is -1.61. The number of pyridine rings is 1. The molecule has 0 aliphatic rings. The van der Waals surface area contributed by atoms with Gasteiger partial charge < -0.3 is 5.11 Å². The van der Waals surface area contributed by atoms with Crippen LogP contribution in [0.2, 0.25) is 10.0 Å². The third-order valence-corrected chi connectivity index (χ3v) is 4.47. The number of aromatic nitrogens is 1. The topological polar surface area (TPSA) is 33.1 Å². The van der Waals surface area contributed by atoms with E-state index in [9.17, 15) is 5.11 Å². The first-order valence-electron chi connectivity index (χ1n) is 6.93. The van der Waals surface area contributed by atoms with Crippen molar-refractivity contribution in [2.24, 2.45) is 0 Å². The molecule has 1 aromatic heterocycles. The third-order valence-electron chi connectivity index (χ3n) is 3.68. The van der Waals surface area contributed by atoms with Crippen molar-refractivity contribution < 1.29 is 5.11 Å². The van der Waals surface area contributed by atoms with Crippen molar-refractivity contribution in [1.29, 1.82) is 0 Å². The molecule has 0 radical (unpaired) electrons. The predicted octanol–water partition coefficient (Wildman–Crippen LogP) is 5.44. The molecule has 1 heterocycles. The van der Waals surface area contributed by atoms with Gasteiger partial charge in [0, 0.05) is 11.6 Å². The number of hydrogen-bond acceptors (Lipinski definition) is 2. The largest absolute Gasteiger partial charge is 0.386 e. The minimum Gasteiger partial charge on any atom is -0.386 e. The van der Waals surface area contributed by atoms with Crippen molar-refractivity contribution >= 4 is 34.1 Å². The van der Waals surface area contributed by atoms with Gasteiger partial charge in [0.2, 0.25) is 0 Å². The molecule has 0 fully saturated rings. The maximum atomic E-state index is 10.0. The second-order valence-electron chi connectivity index (χ2n) is 5.79. The molecule has 3 rings (SSSR count). The zero-order chi connectivity index (χ0) is 15.9. The second kappa shape index (κ2) is 5.54. The summed E-state index contributed by atoms with van der Waals surface area (Å²) in [6.45, 7) is 3.54. The smallest absolute Gasteiger partial charge is 0.0840 e. The van der Waals surface area contributed by atoms with Crippen LogP contribution >= 0.6 is 23.2 Å². The van der Waals surface area contributed by atoms with Crippen LogP contribution in [0.3, 0.4) is 0 Å². The average Bonchev–Trinajstić information content (AvgIpc) is 2.50. The van der Waals surface area contributed by atoms with Gasteiger partial charge in [-0.3, -0.25) is 4.98 Å². The third kappa shape index (κ3) is 2.82. The molecule has 0 atom stereocenters. The molecular weight excluding hydrogens is 317 g/mol. The highest BCUT2D eigenvalue weighted by atomic mass is 35.5. The van der Waals surface area contributed by atoms with Crippen LogP contribution in [-0.4, -0.2) is 10.1 Å². The highest BCUT2D eigenvalue weighted by Crippen LogP contribution is 2.32. The molecule has 4 heteroatoms. The van der Waals surface area contributed by atoms with Crippen molar-refractivity contribution in [2.75, 3.05) is 0 Å². The number of halogens is 2. The van der Waals surface area contributed by atoms with Crippen molar-refractivity contribution in [1.82, 2.24) is 4.98 Å². The Morgan fingerprint density at radius 2 is 1.59 bits per heavy atom. The van der Waals surface area contributed by atoms with Gasteiger partial charge in [0.25, 0.3) is 0 Å². The monoisotopic (exact) mass is 331 g/mol. The number of rotatable bonds is 2. The van der Waals surface area contributed by atoms with Crippen molar-refractivity contribution in [3.8, 4) is 11.1 Å². The molecular formula is C18H15Cl2NO. The fourth-order valence-electron chi connectivity index (χ4n) is 2.39. The summed E-state index contributed by atoms with van der Waals surface area (Å²) in [5.74, 6) is 0. The Balaban J connectivity index is 2.08. The quantitative estimate of drug-likeness (QED) is 0.678. The van der Waals surface area contributed by atoms with Crippen LogP contribution in [-0.2, 0) is 5.60 Å². The lowest BCUT2D eigenvalue weighted by Gasteiger charge is -2.18. The first-order valence-corrected chi connectivity index (χ1v) is 7.69. The van der Waals surface area contributed by atoms with Crippen molar-refractivity contribution in [2.45, 2.75) is 19.4 Å². The van der Waals surface area contributed by atoms with Gasteiger partial charge in [0.15, 0.2) is 0 Å². The molecule has 1 N–H and O–H groups in total. The molecule has 22 heavy (non-hydrogen) atoms. The molecule has 0 saturated heterocycles. The summed E-state index contributed by atoms with van der Waals surface area (Å²) < 4.78 is 0. The molecule has 2 nitrogen and oxygen atoms in total. The van der Waals surface area contributed by atoms with Crippen LogP contribution in [0.5, 0.6) is 0 Å². The molecule has 0 aliphatic carbocycles. The minimum atomic E-state index is -0.845. The number of fused-ring (bicyclic) bond motifs is 1. The fraction of sp³-hybridized carbons (Fsp3) is 0.167. The van der Waals surface area contributed by atoms with Gasteiger partial charge >= 0.3 is 0 Å². The summed E-state index contributed by atoms with van der Waals surface area (Å²) in [5, 5.41) is 11.8. The summed E-state index contributed by atoms with van der Waals surface area (Å²) in [7, 11) is 0. The minimum absolute atomic E-state index is 0.448. The SMILES string of the molecule is CC(C)(O)c1ccc(-c2ccc3ncc(Cl)c(Cl)c3c2)cc1. The number of benzene rings is 2. The number of aliphatic hydroxyl groups is 1. The van der Waals surface area contributed by atoms with Crippen LogP contribution in [0.25, 0.3) is 22.0 Å². The Morgan fingerprint density at radius 3 is 2.23 bits per heavy atom. The van der Waals surface area contributed by atoms with E-state index in [1.807, 2.05) is 42.5 Å². The summed E-state index contributed by atoms with van der Waals surface area (Å²) in [6, 6.07) is 13.7. The molecule has 0 bridgehead atoms. The second-order valence-corrected chi connectivity index (χ2v) is 6.57. The lowest BCUT2D eigenvalue weighted by Crippen LogP contribution is -2.14. The van der Waals surface area contributed by atoms with Crippen LogP contribution in [0.15, 0.2) is 48.7 Å². The molecule has 112 valence electrons. The summed E-state index contributed by atoms with van der Waals surface area (Å²) in [4.78, 5) is 4.27. The molecule has 3 aromatic rings. The molecule has 0 unspecified atom stereocenters. The highest BCUT2D eigenvalue weighted by molar-refractivity contribution is 6.45. The Labute approximate surface area is 139 Å². The maximum absolute atomic E-state index is 10.0. The van der Waals surface area contributed by atoms with Crippen LogP contribution in [0.1, 0.15) is 19.4 Å². The van der Waals surface area contributed by atoms with E-state index < -0.39 is 5.60 Å². The standard InChI is InChI=1S/C18H15Cl2NO/c1-18(2,22)13-6-3-11(4-7-13)12-5-8-16-14(9-12)17(20)15(19)10-21-16/h3-10,22H,1-2H3. The van der Waals surface area contributed by atoms with E-state index in [0.29, 0.717) is 10.0 Å². The van der Waals surface area contributed by atoms with Gasteiger partial charge in [-0.1, -0.05) is 53.5 Å². The van der Waals surface area contributed by atoms with Crippen molar-refractivity contribution in [3.05, 3.63) is 64.3 Å². The van der Waals surface area contributed by atoms with E-state index in [0.717, 1.165) is 27.6 Å². The zero-order valence-corrected chi connectivity index (χ0v) is 13.8. The van der Waals surface area contributed by atoms with Gasteiger partial charge in [-0.05, 0) is 42.7 Å². The van der Waals surface area contributed by atoms with E-state index in [4.69, 9.17) is 23.2 Å². The molecule has 0 amide bonds. The van der Waals surface area contributed by atoms with E-state index in [2.05, 4.69) is 4.98 Å². The Morgan fingerprint density at radius 1 is 0.955 bits per heavy atom. The molecule has 2 aromatic carbocycles. The Kier molecular flexibility index (Phi) is 3.85. The van der Waals surface area contributed by atoms with Crippen LogP contribution in [0, 0.1) is 0 Å². The molecule has 0 aliphatic heterocycles. The fourth-order valence-corrected chi connectivity index (χ4v) is 2.74. The van der Waals surface area contributed by atoms with Crippen LogP contribution < -0.4 is 0 Å². The van der Waals surface area contributed by atoms with E-state index in [-0.39, 0.29) is 0 Å². The highest BCUT2D eigenvalue weighted by Gasteiger charge is 2.15. The van der Waals surface area contributed by atoms with Gasteiger partial charge in [-0.15, -0.1) is 0 Å². The van der Waals surface area contributed by atoms with Crippen molar-refractivity contribution in [3.63, 3.8) is 0 Å². The van der Waals surface area contributed by atoms with Gasteiger partial charge in [0.1, 0.15) is 0 Å². The molecule has 0 saturated carbocycles. The van der Waals surface area contributed by atoms with Crippen LogP contribution in [0.4, 0.5) is 0 Å². The Bertz CT molecular complexity index is 836. The lowest BCUT2D eigenvalue weighted by molar-refractivity contribution is 0.0786. The summed E-state index contributed by atoms with van der Waals surface area (Å²) >= 11 is 12.3. The first kappa shape index (κ1) is 15.3. The maximum Gasteiger partial charge on any atom is 0.0840 e. The normalized spacial score (nSPS) is 11.9. The predicted molar refractivity (Wildman–Crippen MR) is 92.4 cm³/mol.